The molecule has 6 heteroatoms. The van der Waals surface area contributed by atoms with Crippen molar-refractivity contribution >= 4 is 17.6 Å². The number of rotatable bonds is 3. The van der Waals surface area contributed by atoms with E-state index < -0.39 is 23.8 Å². The number of carbonyl (C=O) groups excluding carboxylic acids is 2. The first kappa shape index (κ1) is 12.0. The lowest BCUT2D eigenvalue weighted by Gasteiger charge is -2.10. The Bertz CT molecular complexity index is 434. The van der Waals surface area contributed by atoms with Gasteiger partial charge in [0.2, 0.25) is 0 Å². The number of ether oxygens (including phenoxy) is 1. The Morgan fingerprint density at radius 3 is 2.56 bits per heavy atom. The summed E-state index contributed by atoms with van der Waals surface area (Å²) in [5.41, 5.74) is 10.1. The van der Waals surface area contributed by atoms with Crippen LogP contribution in [-0.2, 0) is 9.53 Å². The number of nitrogen functional groups attached to an aromatic ring is 1. The zero-order valence-electron chi connectivity index (χ0n) is 8.57. The Kier molecular flexibility index (Phi) is 3.44. The van der Waals surface area contributed by atoms with Crippen LogP contribution in [0.25, 0.3) is 0 Å². The molecule has 5 nitrogen and oxygen atoms in total. The van der Waals surface area contributed by atoms with Crippen LogP contribution in [0.2, 0.25) is 0 Å². The fourth-order valence-electron chi connectivity index (χ4n) is 0.979. The van der Waals surface area contributed by atoms with Crippen molar-refractivity contribution in [3.8, 4) is 0 Å². The van der Waals surface area contributed by atoms with Gasteiger partial charge < -0.3 is 16.2 Å². The molecule has 16 heavy (non-hydrogen) atoms. The number of hydrogen-bond acceptors (Lipinski definition) is 4. The largest absolute Gasteiger partial charge is 0.449 e. The maximum absolute atomic E-state index is 13.3. The van der Waals surface area contributed by atoms with E-state index in [-0.39, 0.29) is 11.3 Å². The molecule has 0 saturated heterocycles. The lowest BCUT2D eigenvalue weighted by atomic mass is 10.2. The molecule has 0 aliphatic rings. The molecular formula is C10H11FN2O3. The van der Waals surface area contributed by atoms with Crippen LogP contribution in [0.5, 0.6) is 0 Å². The molecule has 1 aromatic carbocycles. The minimum Gasteiger partial charge on any atom is -0.449 e. The third-order valence-electron chi connectivity index (χ3n) is 1.90. The van der Waals surface area contributed by atoms with Crippen LogP contribution in [0.3, 0.4) is 0 Å². The van der Waals surface area contributed by atoms with E-state index in [2.05, 4.69) is 4.74 Å². The highest BCUT2D eigenvalue weighted by Gasteiger charge is 2.18. The number of carbonyl (C=O) groups is 2. The summed E-state index contributed by atoms with van der Waals surface area (Å²) >= 11 is 0. The highest BCUT2D eigenvalue weighted by Crippen LogP contribution is 2.13. The second-order valence-electron chi connectivity index (χ2n) is 3.19. The highest BCUT2D eigenvalue weighted by atomic mass is 19.1. The fourth-order valence-corrected chi connectivity index (χ4v) is 0.979. The van der Waals surface area contributed by atoms with Crippen molar-refractivity contribution in [3.63, 3.8) is 0 Å². The lowest BCUT2D eigenvalue weighted by molar-refractivity contribution is -0.125. The maximum atomic E-state index is 13.3. The van der Waals surface area contributed by atoms with E-state index in [1.165, 1.54) is 19.1 Å². The summed E-state index contributed by atoms with van der Waals surface area (Å²) in [5, 5.41) is 0. The van der Waals surface area contributed by atoms with Crippen molar-refractivity contribution in [2.24, 2.45) is 5.73 Å². The zero-order chi connectivity index (χ0) is 12.3. The standard InChI is InChI=1S/C10H11FN2O3/c1-5(9(13)14)16-10(15)7-3-2-6(12)4-8(7)11/h2-5H,12H2,1H3,(H2,13,14). The summed E-state index contributed by atoms with van der Waals surface area (Å²) in [7, 11) is 0. The summed E-state index contributed by atoms with van der Waals surface area (Å²) in [5.74, 6) is -2.56. The van der Waals surface area contributed by atoms with E-state index in [1.807, 2.05) is 0 Å². The van der Waals surface area contributed by atoms with E-state index in [1.54, 1.807) is 0 Å². The molecule has 1 atom stereocenters. The van der Waals surface area contributed by atoms with Gasteiger partial charge in [-0.1, -0.05) is 0 Å². The lowest BCUT2D eigenvalue weighted by Crippen LogP contribution is -2.30. The molecule has 0 heterocycles. The molecule has 0 radical (unpaired) electrons. The molecule has 0 saturated carbocycles. The van der Waals surface area contributed by atoms with Gasteiger partial charge in [0.05, 0.1) is 5.56 Å². The van der Waals surface area contributed by atoms with Gasteiger partial charge in [-0.05, 0) is 25.1 Å². The molecule has 86 valence electrons. The van der Waals surface area contributed by atoms with Crippen molar-refractivity contribution in [2.45, 2.75) is 13.0 Å². The minimum atomic E-state index is -1.11. The second-order valence-corrected chi connectivity index (χ2v) is 3.19. The SMILES string of the molecule is CC(OC(=O)c1ccc(N)cc1F)C(N)=O. The minimum absolute atomic E-state index is 0.192. The van der Waals surface area contributed by atoms with Gasteiger partial charge in [-0.25, -0.2) is 9.18 Å². The zero-order valence-corrected chi connectivity index (χ0v) is 8.57. The third kappa shape index (κ3) is 2.69. The monoisotopic (exact) mass is 226 g/mol. The number of hydrogen-bond donors (Lipinski definition) is 2. The van der Waals surface area contributed by atoms with E-state index in [4.69, 9.17) is 11.5 Å². The quantitative estimate of drug-likeness (QED) is 0.577. The number of esters is 1. The molecule has 0 aliphatic heterocycles. The van der Waals surface area contributed by atoms with Gasteiger partial charge in [-0.15, -0.1) is 0 Å². The summed E-state index contributed by atoms with van der Waals surface area (Å²) < 4.78 is 17.9. The number of primary amides is 1. The van der Waals surface area contributed by atoms with Gasteiger partial charge >= 0.3 is 5.97 Å². The van der Waals surface area contributed by atoms with Crippen LogP contribution in [0.1, 0.15) is 17.3 Å². The average molecular weight is 226 g/mol. The van der Waals surface area contributed by atoms with Gasteiger partial charge in [0.15, 0.2) is 6.10 Å². The number of halogens is 1. The first-order valence-corrected chi connectivity index (χ1v) is 4.47. The molecule has 4 N–H and O–H groups in total. The van der Waals surface area contributed by atoms with Crippen molar-refractivity contribution in [1.82, 2.24) is 0 Å². The Morgan fingerprint density at radius 1 is 1.44 bits per heavy atom. The Labute approximate surface area is 91.2 Å². The fraction of sp³-hybridized carbons (Fsp3) is 0.200. The molecule has 1 unspecified atom stereocenters. The van der Waals surface area contributed by atoms with Gasteiger partial charge in [0.1, 0.15) is 5.82 Å². The molecular weight excluding hydrogens is 215 g/mol. The molecule has 0 bridgehead atoms. The number of nitrogens with two attached hydrogens (primary N) is 2. The third-order valence-corrected chi connectivity index (χ3v) is 1.90. The van der Waals surface area contributed by atoms with Crippen LogP contribution in [0.4, 0.5) is 10.1 Å². The predicted molar refractivity (Wildman–Crippen MR) is 54.9 cm³/mol. The molecule has 1 aromatic rings. The van der Waals surface area contributed by atoms with Gasteiger partial charge in [0.25, 0.3) is 5.91 Å². The Balaban J connectivity index is 2.85. The summed E-state index contributed by atoms with van der Waals surface area (Å²) in [6, 6.07) is 3.53. The number of amides is 1. The maximum Gasteiger partial charge on any atom is 0.341 e. The topological polar surface area (TPSA) is 95.4 Å². The Hall–Kier alpha value is -2.11. The van der Waals surface area contributed by atoms with Gasteiger partial charge in [-0.3, -0.25) is 4.79 Å². The van der Waals surface area contributed by atoms with Crippen molar-refractivity contribution in [2.75, 3.05) is 5.73 Å². The van der Waals surface area contributed by atoms with Gasteiger partial charge in [-0.2, -0.15) is 0 Å². The summed E-state index contributed by atoms with van der Waals surface area (Å²) in [6.45, 7) is 1.30. The van der Waals surface area contributed by atoms with Crippen LogP contribution in [0, 0.1) is 5.82 Å². The summed E-state index contributed by atoms with van der Waals surface area (Å²) in [4.78, 5) is 22.0. The van der Waals surface area contributed by atoms with Crippen molar-refractivity contribution in [1.29, 1.82) is 0 Å². The van der Waals surface area contributed by atoms with Crippen molar-refractivity contribution in [3.05, 3.63) is 29.6 Å². The number of benzene rings is 1. The van der Waals surface area contributed by atoms with E-state index >= 15 is 0 Å². The molecule has 1 amide bonds. The molecule has 0 spiro atoms. The molecule has 0 fully saturated rings. The second kappa shape index (κ2) is 4.61. The summed E-state index contributed by atoms with van der Waals surface area (Å²) in [6.07, 6.45) is -1.11. The van der Waals surface area contributed by atoms with Crippen LogP contribution in [-0.4, -0.2) is 18.0 Å². The van der Waals surface area contributed by atoms with Crippen LogP contribution < -0.4 is 11.5 Å². The Morgan fingerprint density at radius 2 is 2.06 bits per heavy atom. The highest BCUT2D eigenvalue weighted by molar-refractivity contribution is 5.92. The molecule has 0 aliphatic carbocycles. The van der Waals surface area contributed by atoms with E-state index in [9.17, 15) is 14.0 Å². The predicted octanol–water partition coefficient (Wildman–Crippen LogP) is 0.439. The average Bonchev–Trinajstić information content (AvgIpc) is 2.16. The van der Waals surface area contributed by atoms with Gasteiger partial charge in [0, 0.05) is 5.69 Å². The van der Waals surface area contributed by atoms with E-state index in [0.29, 0.717) is 0 Å². The smallest absolute Gasteiger partial charge is 0.341 e. The normalized spacial score (nSPS) is 11.9. The first-order chi connectivity index (χ1) is 7.41. The first-order valence-electron chi connectivity index (χ1n) is 4.47. The van der Waals surface area contributed by atoms with Crippen LogP contribution >= 0.6 is 0 Å². The van der Waals surface area contributed by atoms with Crippen LogP contribution in [0.15, 0.2) is 18.2 Å². The number of anilines is 1. The molecule has 1 rings (SSSR count). The van der Waals surface area contributed by atoms with E-state index in [0.717, 1.165) is 6.07 Å². The van der Waals surface area contributed by atoms with Crippen molar-refractivity contribution < 1.29 is 18.7 Å². The molecule has 0 aromatic heterocycles.